The number of benzene rings is 1. The van der Waals surface area contributed by atoms with Crippen molar-refractivity contribution in [3.05, 3.63) is 26.3 Å². The Kier molecular flexibility index (Phi) is 4.52. The molecule has 20 heavy (non-hydrogen) atoms. The summed E-state index contributed by atoms with van der Waals surface area (Å²) in [4.78, 5) is 0. The van der Waals surface area contributed by atoms with Crippen molar-refractivity contribution in [3.8, 4) is 5.75 Å². The maximum Gasteiger partial charge on any atom is 0.150 e. The molecule has 0 radical (unpaired) electrons. The minimum Gasteiger partial charge on any atom is -0.496 e. The molecule has 0 amide bonds. The van der Waals surface area contributed by atoms with Crippen LogP contribution < -0.4 is 10.1 Å². The summed E-state index contributed by atoms with van der Waals surface area (Å²) in [5.41, 5.74) is 2.03. The lowest BCUT2D eigenvalue weighted by Crippen LogP contribution is -2.35. The number of methoxy groups -OCH3 is 1. The minimum absolute atomic E-state index is 0.0531. The van der Waals surface area contributed by atoms with E-state index in [0.29, 0.717) is 6.54 Å². The van der Waals surface area contributed by atoms with Crippen LogP contribution in [0, 0.1) is 6.92 Å². The first-order chi connectivity index (χ1) is 9.24. The van der Waals surface area contributed by atoms with Gasteiger partial charge in [0.1, 0.15) is 17.1 Å². The topological polar surface area (TPSA) is 34.4 Å². The lowest BCUT2D eigenvalue weighted by molar-refractivity contribution is 0.393. The van der Waals surface area contributed by atoms with E-state index in [9.17, 15) is 0 Å². The molecule has 0 atom stereocenters. The van der Waals surface area contributed by atoms with Gasteiger partial charge >= 0.3 is 0 Å². The largest absolute Gasteiger partial charge is 0.496 e. The van der Waals surface area contributed by atoms with E-state index in [2.05, 4.69) is 64.9 Å². The molecule has 0 saturated heterocycles. The monoisotopic (exact) mass is 403 g/mol. The molecule has 1 aromatic carbocycles. The number of aryl methyl sites for hydroxylation is 1. The number of hydrogen-bond donors (Lipinski definition) is 1. The quantitative estimate of drug-likeness (QED) is 0.766. The van der Waals surface area contributed by atoms with Gasteiger partial charge in [-0.2, -0.15) is 0 Å². The summed E-state index contributed by atoms with van der Waals surface area (Å²) in [5.74, 6) is 1.74. The fraction of sp³-hybridized carbons (Fsp3) is 0.467. The van der Waals surface area contributed by atoms with Crippen LogP contribution in [0.2, 0.25) is 0 Å². The first-order valence-corrected chi connectivity index (χ1v) is 8.02. The molecule has 0 aliphatic heterocycles. The van der Waals surface area contributed by atoms with Gasteiger partial charge in [-0.3, -0.25) is 0 Å². The number of fused-ring (bicyclic) bond motifs is 1. The summed E-state index contributed by atoms with van der Waals surface area (Å²) in [6.07, 6.45) is 0. The number of furan rings is 1. The van der Waals surface area contributed by atoms with Crippen molar-refractivity contribution in [1.82, 2.24) is 5.32 Å². The molecular weight excluding hydrogens is 386 g/mol. The van der Waals surface area contributed by atoms with Crippen molar-refractivity contribution >= 4 is 42.8 Å². The molecule has 110 valence electrons. The van der Waals surface area contributed by atoms with Crippen LogP contribution in [0.25, 0.3) is 11.0 Å². The number of nitrogens with one attached hydrogen (secondary N) is 1. The Morgan fingerprint density at radius 2 is 1.95 bits per heavy atom. The normalized spacial score (nSPS) is 12.2. The highest BCUT2D eigenvalue weighted by molar-refractivity contribution is 9.11. The van der Waals surface area contributed by atoms with Gasteiger partial charge < -0.3 is 14.5 Å². The maximum absolute atomic E-state index is 6.01. The number of halogens is 2. The molecule has 1 aromatic heterocycles. The smallest absolute Gasteiger partial charge is 0.150 e. The molecule has 3 nitrogen and oxygen atoms in total. The van der Waals surface area contributed by atoms with Gasteiger partial charge in [0.25, 0.3) is 0 Å². The van der Waals surface area contributed by atoms with Gasteiger partial charge in [-0.05, 0) is 65.6 Å². The van der Waals surface area contributed by atoms with Gasteiger partial charge in [0.2, 0.25) is 0 Å². The van der Waals surface area contributed by atoms with E-state index in [-0.39, 0.29) is 5.54 Å². The zero-order chi connectivity index (χ0) is 15.1. The van der Waals surface area contributed by atoms with E-state index in [1.165, 1.54) is 0 Å². The fourth-order valence-corrected chi connectivity index (χ4v) is 3.26. The van der Waals surface area contributed by atoms with Gasteiger partial charge in [0.15, 0.2) is 0 Å². The van der Waals surface area contributed by atoms with Gasteiger partial charge in [-0.25, -0.2) is 0 Å². The molecule has 0 spiro atoms. The van der Waals surface area contributed by atoms with E-state index in [0.717, 1.165) is 37.0 Å². The summed E-state index contributed by atoms with van der Waals surface area (Å²) in [6.45, 7) is 9.19. The third-order valence-corrected chi connectivity index (χ3v) is 4.53. The van der Waals surface area contributed by atoms with Crippen LogP contribution in [-0.2, 0) is 6.54 Å². The number of ether oxygens (including phenoxy) is 1. The van der Waals surface area contributed by atoms with Gasteiger partial charge in [0.05, 0.1) is 22.6 Å². The first kappa shape index (κ1) is 15.9. The molecule has 0 aliphatic rings. The number of hydrogen-bond acceptors (Lipinski definition) is 3. The summed E-state index contributed by atoms with van der Waals surface area (Å²) >= 11 is 7.15. The van der Waals surface area contributed by atoms with Crippen LogP contribution >= 0.6 is 31.9 Å². The third kappa shape index (κ3) is 3.05. The van der Waals surface area contributed by atoms with Crippen molar-refractivity contribution in [2.75, 3.05) is 7.11 Å². The van der Waals surface area contributed by atoms with Crippen LogP contribution in [-0.4, -0.2) is 12.6 Å². The Morgan fingerprint density at radius 3 is 2.50 bits per heavy atom. The SMILES string of the molecule is COc1cc(Br)c2oc(CNC(C)(C)C)c(C)c2c1Br. The zero-order valence-electron chi connectivity index (χ0n) is 12.4. The van der Waals surface area contributed by atoms with E-state index >= 15 is 0 Å². The lowest BCUT2D eigenvalue weighted by atomic mass is 10.1. The third-order valence-electron chi connectivity index (χ3n) is 3.16. The number of rotatable bonds is 3. The molecule has 5 heteroatoms. The van der Waals surface area contributed by atoms with Crippen LogP contribution in [0.15, 0.2) is 19.4 Å². The molecule has 0 fully saturated rings. The van der Waals surface area contributed by atoms with Crippen LogP contribution in [0.5, 0.6) is 5.75 Å². The van der Waals surface area contributed by atoms with Crippen LogP contribution in [0.3, 0.4) is 0 Å². The van der Waals surface area contributed by atoms with Gasteiger partial charge in [0, 0.05) is 16.5 Å². The predicted molar refractivity (Wildman–Crippen MR) is 89.5 cm³/mol. The highest BCUT2D eigenvalue weighted by atomic mass is 79.9. The van der Waals surface area contributed by atoms with Crippen molar-refractivity contribution in [1.29, 1.82) is 0 Å². The van der Waals surface area contributed by atoms with Crippen LogP contribution in [0.1, 0.15) is 32.1 Å². The predicted octanol–water partition coefficient (Wildman–Crippen LogP) is 5.16. The summed E-state index contributed by atoms with van der Waals surface area (Å²) in [6, 6.07) is 1.91. The second kappa shape index (κ2) is 5.70. The average Bonchev–Trinajstić information content (AvgIpc) is 2.68. The molecule has 0 bridgehead atoms. The molecule has 0 unspecified atom stereocenters. The van der Waals surface area contributed by atoms with E-state index in [4.69, 9.17) is 9.15 Å². The highest BCUT2D eigenvalue weighted by Crippen LogP contribution is 2.42. The Balaban J connectivity index is 2.52. The fourth-order valence-electron chi connectivity index (χ4n) is 2.02. The molecular formula is C15H19Br2NO2. The lowest BCUT2D eigenvalue weighted by Gasteiger charge is -2.19. The average molecular weight is 405 g/mol. The second-order valence-electron chi connectivity index (χ2n) is 5.83. The highest BCUT2D eigenvalue weighted by Gasteiger charge is 2.20. The van der Waals surface area contributed by atoms with E-state index in [1.807, 2.05) is 6.07 Å². The van der Waals surface area contributed by atoms with Gasteiger partial charge in [-0.15, -0.1) is 0 Å². The van der Waals surface area contributed by atoms with Crippen molar-refractivity contribution in [2.45, 2.75) is 39.8 Å². The molecule has 2 rings (SSSR count). The molecule has 0 saturated carbocycles. The maximum atomic E-state index is 6.01. The molecule has 1 heterocycles. The molecule has 0 aliphatic carbocycles. The summed E-state index contributed by atoms with van der Waals surface area (Å²) < 4.78 is 13.2. The Bertz CT molecular complexity index is 642. The zero-order valence-corrected chi connectivity index (χ0v) is 15.5. The van der Waals surface area contributed by atoms with Gasteiger partial charge in [-0.1, -0.05) is 0 Å². The Hall–Kier alpha value is -0.520. The Morgan fingerprint density at radius 1 is 1.30 bits per heavy atom. The summed E-state index contributed by atoms with van der Waals surface area (Å²) in [5, 5.41) is 4.51. The minimum atomic E-state index is 0.0531. The van der Waals surface area contributed by atoms with Crippen molar-refractivity contribution in [2.24, 2.45) is 0 Å². The van der Waals surface area contributed by atoms with Crippen molar-refractivity contribution < 1.29 is 9.15 Å². The summed E-state index contributed by atoms with van der Waals surface area (Å²) in [7, 11) is 1.66. The van der Waals surface area contributed by atoms with Crippen molar-refractivity contribution in [3.63, 3.8) is 0 Å². The molecule has 2 aromatic rings. The molecule has 1 N–H and O–H groups in total. The standard InChI is InChI=1S/C15H19Br2NO2/c1-8-11(7-18-15(2,3)4)20-14-9(16)6-10(19-5)13(17)12(8)14/h6,18H,7H2,1-5H3. The first-order valence-electron chi connectivity index (χ1n) is 6.43. The van der Waals surface area contributed by atoms with E-state index in [1.54, 1.807) is 7.11 Å². The van der Waals surface area contributed by atoms with E-state index < -0.39 is 0 Å². The van der Waals surface area contributed by atoms with Crippen LogP contribution in [0.4, 0.5) is 0 Å². The second-order valence-corrected chi connectivity index (χ2v) is 7.48. The Labute approximate surface area is 136 Å².